The van der Waals surface area contributed by atoms with Crippen LogP contribution in [0.15, 0.2) is 12.2 Å². The molecule has 1 aliphatic rings. The predicted molar refractivity (Wildman–Crippen MR) is 30.9 cm³/mol. The lowest BCUT2D eigenvalue weighted by molar-refractivity contribution is 0.396. The second-order valence-corrected chi connectivity index (χ2v) is 2.09. The molecule has 0 bridgehead atoms. The number of alkyl halides is 1. The van der Waals surface area contributed by atoms with E-state index in [1.807, 2.05) is 13.9 Å². The fourth-order valence-corrected chi connectivity index (χ4v) is 0.743. The molecule has 0 fully saturated rings. The maximum atomic E-state index is 12.2. The number of allylic oxidation sites excluding steroid dienone is 2. The van der Waals surface area contributed by atoms with Crippen LogP contribution in [0.2, 0.25) is 5.82 Å². The van der Waals surface area contributed by atoms with Gasteiger partial charge in [0.05, 0.1) is 0 Å². The van der Waals surface area contributed by atoms with Crippen LogP contribution in [0.1, 0.15) is 6.42 Å². The molecular weight excluding hydrogens is 89.9 g/mol. The molecular formula is C5H8BF. The third-order valence-electron chi connectivity index (χ3n) is 1.37. The van der Waals surface area contributed by atoms with Crippen molar-refractivity contribution in [2.24, 2.45) is 0 Å². The molecule has 2 atom stereocenters. The van der Waals surface area contributed by atoms with Crippen molar-refractivity contribution in [1.82, 2.24) is 0 Å². The summed E-state index contributed by atoms with van der Waals surface area (Å²) in [7, 11) is 1.92. The summed E-state index contributed by atoms with van der Waals surface area (Å²) < 4.78 is 12.2. The lowest BCUT2D eigenvalue weighted by Gasteiger charge is -2.00. The van der Waals surface area contributed by atoms with Crippen LogP contribution in [0.5, 0.6) is 0 Å². The molecule has 0 nitrogen and oxygen atoms in total. The topological polar surface area (TPSA) is 0 Å². The summed E-state index contributed by atoms with van der Waals surface area (Å²) in [5.41, 5.74) is 0. The zero-order valence-electron chi connectivity index (χ0n) is 4.39. The van der Waals surface area contributed by atoms with Gasteiger partial charge in [-0.1, -0.05) is 12.2 Å². The van der Waals surface area contributed by atoms with E-state index in [4.69, 9.17) is 0 Å². The van der Waals surface area contributed by atoms with Gasteiger partial charge in [0, 0.05) is 0 Å². The Bertz CT molecular complexity index is 90.1. The Balaban J connectivity index is 2.45. The summed E-state index contributed by atoms with van der Waals surface area (Å²) >= 11 is 0. The zero-order chi connectivity index (χ0) is 5.28. The standard InChI is InChI=1S/C5H8BF/c6-4-2-1-3-5(4)7/h1,3-5H,2,6H2. The molecule has 2 heteroatoms. The van der Waals surface area contributed by atoms with Gasteiger partial charge >= 0.3 is 0 Å². The Morgan fingerprint density at radius 3 is 2.57 bits per heavy atom. The first kappa shape index (κ1) is 4.88. The first-order valence-corrected chi connectivity index (χ1v) is 2.61. The molecule has 0 radical (unpaired) electrons. The summed E-state index contributed by atoms with van der Waals surface area (Å²) in [5.74, 6) is 0.236. The van der Waals surface area contributed by atoms with E-state index in [9.17, 15) is 4.39 Å². The second-order valence-electron chi connectivity index (χ2n) is 2.09. The van der Waals surface area contributed by atoms with E-state index < -0.39 is 6.17 Å². The maximum absolute atomic E-state index is 12.2. The van der Waals surface area contributed by atoms with Crippen molar-refractivity contribution in [3.63, 3.8) is 0 Å². The normalized spacial score (nSPS) is 39.6. The van der Waals surface area contributed by atoms with Crippen molar-refractivity contribution in [2.75, 3.05) is 0 Å². The zero-order valence-corrected chi connectivity index (χ0v) is 4.39. The molecule has 1 aliphatic carbocycles. The highest BCUT2D eigenvalue weighted by atomic mass is 19.1. The first-order valence-electron chi connectivity index (χ1n) is 2.61. The van der Waals surface area contributed by atoms with Gasteiger partial charge in [0.2, 0.25) is 0 Å². The van der Waals surface area contributed by atoms with E-state index in [1.165, 1.54) is 0 Å². The van der Waals surface area contributed by atoms with Crippen LogP contribution >= 0.6 is 0 Å². The van der Waals surface area contributed by atoms with Crippen molar-refractivity contribution in [3.05, 3.63) is 12.2 Å². The molecule has 0 aromatic carbocycles. The SMILES string of the molecule is BC1CC=CC1F. The maximum Gasteiger partial charge on any atom is 0.114 e. The number of hydrogen-bond donors (Lipinski definition) is 0. The molecule has 0 saturated heterocycles. The molecule has 7 heavy (non-hydrogen) atoms. The summed E-state index contributed by atoms with van der Waals surface area (Å²) in [6, 6.07) is 0. The van der Waals surface area contributed by atoms with Crippen LogP contribution in [0.25, 0.3) is 0 Å². The Morgan fingerprint density at radius 2 is 2.43 bits per heavy atom. The van der Waals surface area contributed by atoms with Crippen molar-refractivity contribution < 1.29 is 4.39 Å². The molecule has 0 aliphatic heterocycles. The average molecular weight is 97.9 g/mol. The average Bonchev–Trinajstić information content (AvgIpc) is 1.91. The Kier molecular flexibility index (Phi) is 1.18. The van der Waals surface area contributed by atoms with Gasteiger partial charge < -0.3 is 0 Å². The van der Waals surface area contributed by atoms with E-state index in [0.717, 1.165) is 6.42 Å². The second kappa shape index (κ2) is 1.69. The van der Waals surface area contributed by atoms with E-state index in [-0.39, 0.29) is 5.82 Å². The van der Waals surface area contributed by atoms with Crippen LogP contribution in [-0.2, 0) is 0 Å². The van der Waals surface area contributed by atoms with Crippen LogP contribution in [-0.4, -0.2) is 14.0 Å². The van der Waals surface area contributed by atoms with Gasteiger partial charge in [0.15, 0.2) is 0 Å². The van der Waals surface area contributed by atoms with Gasteiger partial charge in [-0.25, -0.2) is 4.39 Å². The summed E-state index contributed by atoms with van der Waals surface area (Å²) in [5, 5.41) is 0. The molecule has 0 N–H and O–H groups in total. The minimum Gasteiger partial charge on any atom is -0.243 e. The highest BCUT2D eigenvalue weighted by Gasteiger charge is 2.15. The van der Waals surface area contributed by atoms with E-state index in [1.54, 1.807) is 6.08 Å². The van der Waals surface area contributed by atoms with Gasteiger partial charge in [-0.15, -0.1) is 0 Å². The van der Waals surface area contributed by atoms with Crippen LogP contribution < -0.4 is 0 Å². The van der Waals surface area contributed by atoms with Crippen molar-refractivity contribution in [2.45, 2.75) is 18.4 Å². The third kappa shape index (κ3) is 0.844. The minimum atomic E-state index is -0.667. The first-order chi connectivity index (χ1) is 3.30. The Morgan fingerprint density at radius 1 is 1.71 bits per heavy atom. The molecule has 2 unspecified atom stereocenters. The monoisotopic (exact) mass is 98.1 g/mol. The van der Waals surface area contributed by atoms with Gasteiger partial charge in [0.1, 0.15) is 14.0 Å². The highest BCUT2D eigenvalue weighted by Crippen LogP contribution is 2.22. The number of halogens is 1. The van der Waals surface area contributed by atoms with Gasteiger partial charge in [-0.05, 0) is 12.2 Å². The van der Waals surface area contributed by atoms with Crippen LogP contribution in [0.4, 0.5) is 4.39 Å². The molecule has 0 spiro atoms. The Labute approximate surface area is 43.8 Å². The number of rotatable bonds is 0. The lowest BCUT2D eigenvalue weighted by Crippen LogP contribution is -1.99. The van der Waals surface area contributed by atoms with E-state index in [2.05, 4.69) is 0 Å². The fourth-order valence-electron chi connectivity index (χ4n) is 0.743. The minimum absolute atomic E-state index is 0.236. The van der Waals surface area contributed by atoms with Crippen LogP contribution in [0, 0.1) is 0 Å². The largest absolute Gasteiger partial charge is 0.243 e. The lowest BCUT2D eigenvalue weighted by atomic mass is 9.84. The molecule has 0 aromatic heterocycles. The van der Waals surface area contributed by atoms with Crippen molar-refractivity contribution in [3.8, 4) is 0 Å². The van der Waals surface area contributed by atoms with E-state index in [0.29, 0.717) is 0 Å². The summed E-state index contributed by atoms with van der Waals surface area (Å²) in [4.78, 5) is 0. The third-order valence-corrected chi connectivity index (χ3v) is 1.37. The molecule has 38 valence electrons. The van der Waals surface area contributed by atoms with Gasteiger partial charge in [-0.2, -0.15) is 0 Å². The summed E-state index contributed by atoms with van der Waals surface area (Å²) in [6.07, 6.45) is 3.78. The molecule has 0 saturated carbocycles. The van der Waals surface area contributed by atoms with E-state index >= 15 is 0 Å². The van der Waals surface area contributed by atoms with Crippen molar-refractivity contribution >= 4 is 7.85 Å². The predicted octanol–water partition coefficient (Wildman–Crippen LogP) is 0.706. The quantitative estimate of drug-likeness (QED) is 0.309. The molecule has 0 aromatic rings. The molecule has 0 heterocycles. The molecule has 0 amide bonds. The van der Waals surface area contributed by atoms with Gasteiger partial charge in [-0.3, -0.25) is 0 Å². The van der Waals surface area contributed by atoms with Crippen LogP contribution in [0.3, 0.4) is 0 Å². The molecule has 1 rings (SSSR count). The fraction of sp³-hybridized carbons (Fsp3) is 0.600. The summed E-state index contributed by atoms with van der Waals surface area (Å²) in [6.45, 7) is 0. The Hall–Kier alpha value is -0.265. The smallest absolute Gasteiger partial charge is 0.114 e. The van der Waals surface area contributed by atoms with Gasteiger partial charge in [0.25, 0.3) is 0 Å². The number of hydrogen-bond acceptors (Lipinski definition) is 0. The van der Waals surface area contributed by atoms with Crippen molar-refractivity contribution in [1.29, 1.82) is 0 Å². The highest BCUT2D eigenvalue weighted by molar-refractivity contribution is 6.12.